The third-order valence-electron chi connectivity index (χ3n) is 4.77. The maximum Gasteiger partial charge on any atom is 0.119 e. The molecule has 0 aromatic heterocycles. The molecule has 0 amide bonds. The summed E-state index contributed by atoms with van der Waals surface area (Å²) in [7, 11) is 1.73. The third kappa shape index (κ3) is 3.41. The van der Waals surface area contributed by atoms with Crippen LogP contribution in [0.2, 0.25) is 0 Å². The van der Waals surface area contributed by atoms with Crippen LogP contribution in [0.5, 0.6) is 5.75 Å². The largest absolute Gasteiger partial charge is 0.497 e. The summed E-state index contributed by atoms with van der Waals surface area (Å²) in [5.74, 6) is 0.926. The minimum atomic E-state index is 0.309. The lowest BCUT2D eigenvalue weighted by Gasteiger charge is -2.37. The molecule has 1 atom stereocenters. The van der Waals surface area contributed by atoms with Gasteiger partial charge in [0.2, 0.25) is 0 Å². The van der Waals surface area contributed by atoms with Gasteiger partial charge in [-0.25, -0.2) is 0 Å². The van der Waals surface area contributed by atoms with Crippen molar-refractivity contribution < 1.29 is 4.74 Å². The van der Waals surface area contributed by atoms with Crippen LogP contribution in [0.3, 0.4) is 0 Å². The van der Waals surface area contributed by atoms with Crippen molar-refractivity contribution >= 4 is 0 Å². The van der Waals surface area contributed by atoms with E-state index in [9.17, 15) is 0 Å². The highest BCUT2D eigenvalue weighted by atomic mass is 16.5. The second-order valence-corrected chi connectivity index (χ2v) is 6.27. The Labute approximate surface area is 139 Å². The number of nitrogens with one attached hydrogen (secondary N) is 1. The van der Waals surface area contributed by atoms with Crippen LogP contribution in [0.1, 0.15) is 28.3 Å². The van der Waals surface area contributed by atoms with E-state index in [1.807, 2.05) is 0 Å². The second-order valence-electron chi connectivity index (χ2n) is 6.27. The van der Waals surface area contributed by atoms with Crippen molar-refractivity contribution in [3.63, 3.8) is 0 Å². The number of aryl methyl sites for hydroxylation is 2. The van der Waals surface area contributed by atoms with Crippen LogP contribution in [-0.2, 0) is 0 Å². The van der Waals surface area contributed by atoms with Crippen LogP contribution in [-0.4, -0.2) is 38.2 Å². The van der Waals surface area contributed by atoms with E-state index in [-0.39, 0.29) is 0 Å². The highest BCUT2D eigenvalue weighted by Gasteiger charge is 2.26. The molecule has 3 nitrogen and oxygen atoms in total. The van der Waals surface area contributed by atoms with Gasteiger partial charge in [-0.3, -0.25) is 4.90 Å². The van der Waals surface area contributed by atoms with Gasteiger partial charge in [0.25, 0.3) is 0 Å². The van der Waals surface area contributed by atoms with E-state index in [2.05, 4.69) is 66.5 Å². The first kappa shape index (κ1) is 16.0. The van der Waals surface area contributed by atoms with Gasteiger partial charge in [-0.05, 0) is 48.2 Å². The molecule has 0 radical (unpaired) electrons. The van der Waals surface area contributed by atoms with Crippen molar-refractivity contribution in [2.75, 3.05) is 33.3 Å². The van der Waals surface area contributed by atoms with Gasteiger partial charge >= 0.3 is 0 Å². The van der Waals surface area contributed by atoms with E-state index >= 15 is 0 Å². The minimum absolute atomic E-state index is 0.309. The molecule has 1 fully saturated rings. The van der Waals surface area contributed by atoms with E-state index in [1.165, 1.54) is 22.3 Å². The highest BCUT2D eigenvalue weighted by molar-refractivity contribution is 5.43. The van der Waals surface area contributed by atoms with Crippen molar-refractivity contribution in [1.82, 2.24) is 10.2 Å². The molecule has 122 valence electrons. The average Bonchev–Trinajstić information content (AvgIpc) is 2.59. The van der Waals surface area contributed by atoms with Gasteiger partial charge in [0.15, 0.2) is 0 Å². The molecule has 2 aromatic carbocycles. The molecule has 0 bridgehead atoms. The third-order valence-corrected chi connectivity index (χ3v) is 4.77. The van der Waals surface area contributed by atoms with Gasteiger partial charge in [-0.1, -0.05) is 30.3 Å². The molecule has 0 aliphatic carbocycles. The van der Waals surface area contributed by atoms with Gasteiger partial charge in [0.05, 0.1) is 13.2 Å². The van der Waals surface area contributed by atoms with Gasteiger partial charge in [-0.2, -0.15) is 0 Å². The van der Waals surface area contributed by atoms with Gasteiger partial charge in [0, 0.05) is 26.2 Å². The zero-order chi connectivity index (χ0) is 16.2. The molecule has 0 spiro atoms. The summed E-state index contributed by atoms with van der Waals surface area (Å²) in [6, 6.07) is 15.5. The Balaban J connectivity index is 2.06. The maximum atomic E-state index is 5.38. The first-order valence-corrected chi connectivity index (χ1v) is 8.35. The normalized spacial score (nSPS) is 17.0. The van der Waals surface area contributed by atoms with Crippen LogP contribution in [0.15, 0.2) is 42.5 Å². The summed E-state index contributed by atoms with van der Waals surface area (Å²) in [4.78, 5) is 2.59. The summed E-state index contributed by atoms with van der Waals surface area (Å²) in [6.45, 7) is 8.65. The Morgan fingerprint density at radius 1 is 0.957 bits per heavy atom. The maximum absolute atomic E-state index is 5.38. The number of rotatable bonds is 4. The van der Waals surface area contributed by atoms with E-state index in [1.54, 1.807) is 7.11 Å². The molecular weight excluding hydrogens is 284 g/mol. The number of piperazine rings is 1. The lowest BCUT2D eigenvalue weighted by Crippen LogP contribution is -2.45. The quantitative estimate of drug-likeness (QED) is 0.938. The number of nitrogens with zero attached hydrogens (tertiary/aromatic N) is 1. The summed E-state index contributed by atoms with van der Waals surface area (Å²) >= 11 is 0. The number of ether oxygens (including phenoxy) is 1. The van der Waals surface area contributed by atoms with Crippen molar-refractivity contribution in [2.45, 2.75) is 19.9 Å². The number of hydrogen-bond donors (Lipinski definition) is 1. The fourth-order valence-electron chi connectivity index (χ4n) is 3.48. The Kier molecular flexibility index (Phi) is 4.99. The van der Waals surface area contributed by atoms with Crippen LogP contribution in [0.4, 0.5) is 0 Å². The monoisotopic (exact) mass is 310 g/mol. The molecule has 23 heavy (non-hydrogen) atoms. The fraction of sp³-hybridized carbons (Fsp3) is 0.400. The minimum Gasteiger partial charge on any atom is -0.497 e. The zero-order valence-electron chi connectivity index (χ0n) is 14.3. The van der Waals surface area contributed by atoms with Crippen molar-refractivity contribution in [3.8, 4) is 5.75 Å². The molecule has 1 aliphatic heterocycles. The lowest BCUT2D eigenvalue weighted by molar-refractivity contribution is 0.197. The smallest absolute Gasteiger partial charge is 0.119 e. The van der Waals surface area contributed by atoms with E-state index in [4.69, 9.17) is 4.74 Å². The van der Waals surface area contributed by atoms with Crippen LogP contribution < -0.4 is 10.1 Å². The first-order chi connectivity index (χ1) is 11.2. The first-order valence-electron chi connectivity index (χ1n) is 8.35. The standard InChI is InChI=1S/C20H26N2O/c1-15-6-4-5-7-18(15)20(22-12-10-21-11-13-22)19-9-8-17(23-3)14-16(19)2/h4-9,14,20-21H,10-13H2,1-3H3. The molecule has 1 aliphatic rings. The molecule has 1 unspecified atom stereocenters. The molecule has 3 rings (SSSR count). The number of methoxy groups -OCH3 is 1. The Bertz CT molecular complexity index is 662. The van der Waals surface area contributed by atoms with Crippen molar-refractivity contribution in [2.24, 2.45) is 0 Å². The molecule has 2 aromatic rings. The molecule has 1 saturated heterocycles. The summed E-state index contributed by atoms with van der Waals surface area (Å²) in [6.07, 6.45) is 0. The molecule has 0 saturated carbocycles. The highest BCUT2D eigenvalue weighted by Crippen LogP contribution is 2.34. The van der Waals surface area contributed by atoms with Crippen LogP contribution in [0, 0.1) is 13.8 Å². The van der Waals surface area contributed by atoms with E-state index in [0.29, 0.717) is 6.04 Å². The molecule has 3 heteroatoms. The molecule has 1 heterocycles. The van der Waals surface area contributed by atoms with Crippen molar-refractivity contribution in [1.29, 1.82) is 0 Å². The Morgan fingerprint density at radius 3 is 2.30 bits per heavy atom. The predicted molar refractivity (Wildman–Crippen MR) is 95.2 cm³/mol. The fourth-order valence-corrected chi connectivity index (χ4v) is 3.48. The van der Waals surface area contributed by atoms with E-state index in [0.717, 1.165) is 31.9 Å². The van der Waals surface area contributed by atoms with Crippen LogP contribution >= 0.6 is 0 Å². The van der Waals surface area contributed by atoms with Crippen molar-refractivity contribution in [3.05, 3.63) is 64.7 Å². The average molecular weight is 310 g/mol. The summed E-state index contributed by atoms with van der Waals surface area (Å²) in [5.41, 5.74) is 5.42. The zero-order valence-corrected chi connectivity index (χ0v) is 14.3. The lowest BCUT2D eigenvalue weighted by atomic mass is 9.90. The summed E-state index contributed by atoms with van der Waals surface area (Å²) in [5, 5.41) is 3.46. The second kappa shape index (κ2) is 7.16. The predicted octanol–water partition coefficient (Wildman–Crippen LogP) is 3.31. The van der Waals surface area contributed by atoms with Gasteiger partial charge in [0.1, 0.15) is 5.75 Å². The van der Waals surface area contributed by atoms with E-state index < -0.39 is 0 Å². The summed E-state index contributed by atoms with van der Waals surface area (Å²) < 4.78 is 5.38. The number of benzene rings is 2. The Hall–Kier alpha value is -1.84. The number of hydrogen-bond acceptors (Lipinski definition) is 3. The van der Waals surface area contributed by atoms with Gasteiger partial charge in [-0.15, -0.1) is 0 Å². The van der Waals surface area contributed by atoms with Gasteiger partial charge < -0.3 is 10.1 Å². The molecular formula is C20H26N2O. The Morgan fingerprint density at radius 2 is 1.65 bits per heavy atom. The van der Waals surface area contributed by atoms with Crippen LogP contribution in [0.25, 0.3) is 0 Å². The topological polar surface area (TPSA) is 24.5 Å². The molecule has 1 N–H and O–H groups in total. The SMILES string of the molecule is COc1ccc(C(c2ccccc2C)N2CCNCC2)c(C)c1.